The number of rotatable bonds is 7. The number of methoxy groups -OCH3 is 1. The van der Waals surface area contributed by atoms with Crippen molar-refractivity contribution < 1.29 is 9.53 Å². The first-order valence-electron chi connectivity index (χ1n) is 12.8. The lowest BCUT2D eigenvalue weighted by Crippen LogP contribution is -2.29. The number of hydrogen-bond donors (Lipinski definition) is 2. The summed E-state index contributed by atoms with van der Waals surface area (Å²) in [6, 6.07) is 17.8. The summed E-state index contributed by atoms with van der Waals surface area (Å²) < 4.78 is 7.16. The minimum atomic E-state index is -0.197. The smallest absolute Gasteiger partial charge is 0.250 e. The van der Waals surface area contributed by atoms with Crippen molar-refractivity contribution in [1.82, 2.24) is 19.9 Å². The number of nitrogens with one attached hydrogen (secondary N) is 2. The number of carbonyl (C=O) groups excluding carboxylic acids is 1. The molecule has 3 aromatic heterocycles. The highest BCUT2D eigenvalue weighted by atomic mass is 32.1. The van der Waals surface area contributed by atoms with Gasteiger partial charge in [0.15, 0.2) is 5.11 Å². The fourth-order valence-corrected chi connectivity index (χ4v) is 5.67. The first-order valence-corrected chi connectivity index (χ1v) is 13.2. The molecule has 9 heteroatoms. The van der Waals surface area contributed by atoms with Crippen LogP contribution in [0.1, 0.15) is 45.9 Å². The second-order valence-electron chi connectivity index (χ2n) is 9.78. The molecule has 8 nitrogen and oxygen atoms in total. The van der Waals surface area contributed by atoms with E-state index >= 15 is 0 Å². The summed E-state index contributed by atoms with van der Waals surface area (Å²) in [4.78, 5) is 23.6. The molecule has 0 bridgehead atoms. The Kier molecular flexibility index (Phi) is 7.45. The second kappa shape index (κ2) is 11.0. The van der Waals surface area contributed by atoms with Gasteiger partial charge in [-0.2, -0.15) is 0 Å². The molecule has 1 saturated heterocycles. The lowest BCUT2D eigenvalue weighted by molar-refractivity contribution is -0.119. The van der Waals surface area contributed by atoms with Crippen LogP contribution in [0.4, 0.5) is 11.4 Å². The molecule has 0 unspecified atom stereocenters. The van der Waals surface area contributed by atoms with Crippen LogP contribution in [-0.2, 0) is 9.53 Å². The van der Waals surface area contributed by atoms with Gasteiger partial charge in [0.1, 0.15) is 12.4 Å². The topological polar surface area (TPSA) is 84.3 Å². The van der Waals surface area contributed by atoms with Gasteiger partial charge in [-0.15, -0.1) is 0 Å². The Morgan fingerprint density at radius 3 is 2.51 bits per heavy atom. The fraction of sp³-hybridized carbons (Fsp3) is 0.267. The Morgan fingerprint density at radius 1 is 1.03 bits per heavy atom. The highest BCUT2D eigenvalue weighted by molar-refractivity contribution is 7.80. The number of nitrogens with zero attached hydrogens (tertiary/aromatic N) is 4. The van der Waals surface area contributed by atoms with Crippen molar-refractivity contribution >= 4 is 34.6 Å². The van der Waals surface area contributed by atoms with Crippen LogP contribution in [0, 0.1) is 27.7 Å². The van der Waals surface area contributed by atoms with Crippen LogP contribution >= 0.6 is 12.2 Å². The van der Waals surface area contributed by atoms with Crippen molar-refractivity contribution in [3.63, 3.8) is 0 Å². The average molecular weight is 541 g/mol. The van der Waals surface area contributed by atoms with Gasteiger partial charge in [-0.1, -0.05) is 12.1 Å². The summed E-state index contributed by atoms with van der Waals surface area (Å²) in [5.74, 6) is 0.720. The number of pyridine rings is 2. The molecule has 1 aromatic carbocycles. The SMILES string of the molecule is COCC(=O)Nc1ccc(N2C(=S)N[C@H](c3ccccn3)[C@@H]2c2cc(C)n(-c3ncccc3C)c2C)cc1C. The first kappa shape index (κ1) is 26.5. The summed E-state index contributed by atoms with van der Waals surface area (Å²) in [6.45, 7) is 8.28. The van der Waals surface area contributed by atoms with Crippen LogP contribution in [0.15, 0.2) is 67.0 Å². The second-order valence-corrected chi connectivity index (χ2v) is 10.2. The van der Waals surface area contributed by atoms with Gasteiger partial charge in [0, 0.05) is 42.3 Å². The van der Waals surface area contributed by atoms with Crippen molar-refractivity contribution in [3.05, 3.63) is 101 Å². The molecule has 1 aliphatic rings. The third-order valence-electron chi connectivity index (χ3n) is 7.12. The van der Waals surface area contributed by atoms with E-state index in [2.05, 4.69) is 63.0 Å². The van der Waals surface area contributed by atoms with Crippen LogP contribution < -0.4 is 15.5 Å². The molecule has 1 fully saturated rings. The number of ether oxygens (including phenoxy) is 1. The number of anilines is 2. The maximum absolute atomic E-state index is 12.1. The quantitative estimate of drug-likeness (QED) is 0.309. The van der Waals surface area contributed by atoms with Crippen LogP contribution in [0.25, 0.3) is 5.82 Å². The van der Waals surface area contributed by atoms with Gasteiger partial charge in [0.25, 0.3) is 0 Å². The number of carbonyl (C=O) groups is 1. The Balaban J connectivity index is 1.62. The number of aryl methyl sites for hydroxylation is 3. The van der Waals surface area contributed by atoms with Gasteiger partial charge in [-0.05, 0) is 99.1 Å². The maximum Gasteiger partial charge on any atom is 0.250 e. The molecule has 4 heterocycles. The molecule has 5 rings (SSSR count). The molecule has 1 aliphatic heterocycles. The van der Waals surface area contributed by atoms with E-state index in [1.165, 1.54) is 7.11 Å². The van der Waals surface area contributed by atoms with E-state index in [0.717, 1.165) is 51.0 Å². The van der Waals surface area contributed by atoms with Crippen molar-refractivity contribution in [2.45, 2.75) is 39.8 Å². The number of aromatic nitrogens is 3. The molecular weight excluding hydrogens is 508 g/mol. The number of hydrogen-bond acceptors (Lipinski definition) is 5. The lowest BCUT2D eigenvalue weighted by Gasteiger charge is -2.29. The normalized spacial score (nSPS) is 16.8. The monoisotopic (exact) mass is 540 g/mol. The van der Waals surface area contributed by atoms with Crippen LogP contribution in [-0.4, -0.2) is 39.3 Å². The average Bonchev–Trinajstić information content (AvgIpc) is 3.41. The highest BCUT2D eigenvalue weighted by Crippen LogP contribution is 2.44. The summed E-state index contributed by atoms with van der Waals surface area (Å²) >= 11 is 5.94. The van der Waals surface area contributed by atoms with Gasteiger partial charge < -0.3 is 24.8 Å². The predicted octanol–water partition coefficient (Wildman–Crippen LogP) is 5.26. The van der Waals surface area contributed by atoms with Crippen LogP contribution in [0.3, 0.4) is 0 Å². The standard InChI is InChI=1S/C30H32N6O2S/c1-18-9-8-14-32-29(18)35-20(3)16-23(21(35)4)28-27(25-10-6-7-13-31-25)34-30(39)36(28)22-11-12-24(19(2)15-22)33-26(37)17-38-5/h6-16,27-28H,17H2,1-5H3,(H,33,37)(H,34,39)/t27-,28+/m1/s1. The molecule has 1 amide bonds. The summed E-state index contributed by atoms with van der Waals surface area (Å²) in [5, 5.41) is 7.07. The molecule has 0 spiro atoms. The van der Waals surface area contributed by atoms with E-state index in [4.69, 9.17) is 17.0 Å². The van der Waals surface area contributed by atoms with Crippen molar-refractivity contribution in [2.75, 3.05) is 23.9 Å². The molecule has 2 atom stereocenters. The van der Waals surface area contributed by atoms with Crippen molar-refractivity contribution in [3.8, 4) is 5.82 Å². The van der Waals surface area contributed by atoms with E-state index in [9.17, 15) is 4.79 Å². The van der Waals surface area contributed by atoms with Crippen LogP contribution in [0.2, 0.25) is 0 Å². The number of benzene rings is 1. The fourth-order valence-electron chi connectivity index (χ4n) is 5.33. The van der Waals surface area contributed by atoms with E-state index in [1.54, 1.807) is 0 Å². The van der Waals surface area contributed by atoms with Crippen molar-refractivity contribution in [2.24, 2.45) is 0 Å². The van der Waals surface area contributed by atoms with E-state index in [0.29, 0.717) is 5.11 Å². The Morgan fingerprint density at radius 2 is 1.82 bits per heavy atom. The van der Waals surface area contributed by atoms with E-state index < -0.39 is 0 Å². The minimum absolute atomic E-state index is 0.000511. The van der Waals surface area contributed by atoms with E-state index in [1.807, 2.05) is 61.8 Å². The predicted molar refractivity (Wildman–Crippen MR) is 157 cm³/mol. The summed E-state index contributed by atoms with van der Waals surface area (Å²) in [5.41, 5.74) is 7.92. The largest absolute Gasteiger partial charge is 0.375 e. The molecular formula is C30H32N6O2S. The minimum Gasteiger partial charge on any atom is -0.375 e. The van der Waals surface area contributed by atoms with Gasteiger partial charge >= 0.3 is 0 Å². The summed E-state index contributed by atoms with van der Waals surface area (Å²) in [7, 11) is 1.50. The first-order chi connectivity index (χ1) is 18.8. The Labute approximate surface area is 234 Å². The van der Waals surface area contributed by atoms with Gasteiger partial charge in [-0.25, -0.2) is 4.98 Å². The zero-order chi connectivity index (χ0) is 27.7. The highest BCUT2D eigenvalue weighted by Gasteiger charge is 2.42. The zero-order valence-corrected chi connectivity index (χ0v) is 23.5. The van der Waals surface area contributed by atoms with E-state index in [-0.39, 0.29) is 24.6 Å². The molecule has 0 saturated carbocycles. The zero-order valence-electron chi connectivity index (χ0n) is 22.7. The molecule has 39 heavy (non-hydrogen) atoms. The Hall–Kier alpha value is -4.08. The van der Waals surface area contributed by atoms with Gasteiger partial charge in [0.2, 0.25) is 5.91 Å². The number of thiocarbonyl (C=S) groups is 1. The van der Waals surface area contributed by atoms with Gasteiger partial charge in [0.05, 0.1) is 17.8 Å². The third-order valence-corrected chi connectivity index (χ3v) is 7.43. The van der Waals surface area contributed by atoms with Crippen LogP contribution in [0.5, 0.6) is 0 Å². The molecule has 0 radical (unpaired) electrons. The number of amides is 1. The van der Waals surface area contributed by atoms with Crippen molar-refractivity contribution in [1.29, 1.82) is 0 Å². The van der Waals surface area contributed by atoms with Gasteiger partial charge in [-0.3, -0.25) is 9.78 Å². The molecule has 2 N–H and O–H groups in total. The lowest BCUT2D eigenvalue weighted by atomic mass is 9.96. The third kappa shape index (κ3) is 5.03. The summed E-state index contributed by atoms with van der Waals surface area (Å²) in [6.07, 6.45) is 3.63. The Bertz CT molecular complexity index is 1530. The molecule has 4 aromatic rings. The molecule has 200 valence electrons. The maximum atomic E-state index is 12.1. The molecule has 0 aliphatic carbocycles.